The number of ether oxygens (including phenoxy) is 4. The predicted octanol–water partition coefficient (Wildman–Crippen LogP) is -1.75. The maximum Gasteiger partial charge on any atom is 0.243 e. The Morgan fingerprint density at radius 1 is 1.14 bits per heavy atom. The number of nitrogens with one attached hydrogen (secondary N) is 1. The fourth-order valence-electron chi connectivity index (χ4n) is 4.98. The first kappa shape index (κ1) is 36.5. The number of primary amides is 1. The second-order valence-corrected chi connectivity index (χ2v) is 12.0. The van der Waals surface area contributed by atoms with Crippen LogP contribution in [0.1, 0.15) is 53.9 Å². The third-order valence-corrected chi connectivity index (χ3v) is 7.49. The molecule has 0 aromatic heterocycles. The summed E-state index contributed by atoms with van der Waals surface area (Å²) >= 11 is 0. The van der Waals surface area contributed by atoms with E-state index < -0.39 is 78.6 Å². The molecule has 14 heteroatoms. The molecule has 2 rings (SSSR count). The van der Waals surface area contributed by atoms with Crippen molar-refractivity contribution in [2.24, 2.45) is 29.2 Å². The third kappa shape index (κ3) is 10.8. The Labute approximate surface area is 247 Å². The summed E-state index contributed by atoms with van der Waals surface area (Å²) in [6.45, 7) is 8.74. The summed E-state index contributed by atoms with van der Waals surface area (Å²) in [5, 5.41) is 56.4. The van der Waals surface area contributed by atoms with Crippen molar-refractivity contribution in [1.29, 1.82) is 0 Å². The molecule has 0 radical (unpaired) electrons. The van der Waals surface area contributed by atoms with Crippen molar-refractivity contribution in [1.82, 2.24) is 5.32 Å². The van der Waals surface area contributed by atoms with Gasteiger partial charge in [0.05, 0.1) is 55.2 Å². The smallest absolute Gasteiger partial charge is 0.243 e. The molecular formula is C28H51N3O11. The number of hydrogen-bond donors (Lipinski definition) is 8. The van der Waals surface area contributed by atoms with E-state index in [0.717, 1.165) is 0 Å². The normalized spacial score (nSPS) is 35.5. The van der Waals surface area contributed by atoms with Crippen LogP contribution in [0.4, 0.5) is 0 Å². The third-order valence-electron chi connectivity index (χ3n) is 7.49. The molecule has 10 N–H and O–H groups in total. The number of rotatable bonds is 15. The topological polar surface area (TPSA) is 236 Å². The van der Waals surface area contributed by atoms with Gasteiger partial charge in [-0.05, 0) is 18.8 Å². The first-order valence-corrected chi connectivity index (χ1v) is 14.6. The van der Waals surface area contributed by atoms with Crippen molar-refractivity contribution in [3.05, 3.63) is 12.2 Å². The van der Waals surface area contributed by atoms with Crippen LogP contribution in [0.25, 0.3) is 0 Å². The molecule has 0 aromatic carbocycles. The van der Waals surface area contributed by atoms with Gasteiger partial charge in [0.1, 0.15) is 12.7 Å². The zero-order valence-electron chi connectivity index (χ0n) is 25.2. The number of carbonyl (C=O) groups is 2. The molecule has 42 heavy (non-hydrogen) atoms. The highest BCUT2D eigenvalue weighted by Crippen LogP contribution is 2.38. The molecule has 2 amide bonds. The van der Waals surface area contributed by atoms with E-state index >= 15 is 0 Å². The molecule has 2 fully saturated rings. The second-order valence-electron chi connectivity index (χ2n) is 12.0. The van der Waals surface area contributed by atoms with Crippen molar-refractivity contribution >= 4 is 11.8 Å². The van der Waals surface area contributed by atoms with E-state index in [-0.39, 0.29) is 50.9 Å². The van der Waals surface area contributed by atoms with Gasteiger partial charge >= 0.3 is 0 Å². The fourth-order valence-corrected chi connectivity index (χ4v) is 4.98. The van der Waals surface area contributed by atoms with Crippen LogP contribution >= 0.6 is 0 Å². The van der Waals surface area contributed by atoms with Gasteiger partial charge in [-0.2, -0.15) is 0 Å². The Kier molecular flexibility index (Phi) is 14.2. The van der Waals surface area contributed by atoms with E-state index in [4.69, 9.17) is 30.4 Å². The van der Waals surface area contributed by atoms with Crippen molar-refractivity contribution < 1.29 is 54.1 Å². The molecule has 0 saturated carbocycles. The average molecular weight is 606 g/mol. The van der Waals surface area contributed by atoms with Crippen LogP contribution in [-0.4, -0.2) is 118 Å². The zero-order valence-corrected chi connectivity index (χ0v) is 25.2. The molecule has 0 bridgehead atoms. The van der Waals surface area contributed by atoms with Gasteiger partial charge in [0.15, 0.2) is 12.1 Å². The first-order chi connectivity index (χ1) is 19.5. The lowest BCUT2D eigenvalue weighted by Gasteiger charge is -2.46. The van der Waals surface area contributed by atoms with Crippen molar-refractivity contribution in [2.75, 3.05) is 19.8 Å². The zero-order chi connectivity index (χ0) is 31.8. The molecule has 244 valence electrons. The number of aliphatic hydroxyl groups excluding tert-OH is 4. The Bertz CT molecular complexity index is 891. The van der Waals surface area contributed by atoms with E-state index in [9.17, 15) is 35.1 Å². The van der Waals surface area contributed by atoms with Crippen molar-refractivity contribution in [3.63, 3.8) is 0 Å². The van der Waals surface area contributed by atoms with E-state index in [1.807, 2.05) is 19.9 Å². The maximum atomic E-state index is 13.3. The lowest BCUT2D eigenvalue weighted by molar-refractivity contribution is -0.307. The molecular weight excluding hydrogens is 554 g/mol. The summed E-state index contributed by atoms with van der Waals surface area (Å²) in [5.41, 5.74) is 11.0. The van der Waals surface area contributed by atoms with Crippen LogP contribution in [0.15, 0.2) is 12.2 Å². The summed E-state index contributed by atoms with van der Waals surface area (Å²) in [6, 6.07) is -1.03. The van der Waals surface area contributed by atoms with Crippen LogP contribution in [-0.2, 0) is 28.5 Å². The largest absolute Gasteiger partial charge is 0.393 e. The van der Waals surface area contributed by atoms with Crippen molar-refractivity contribution in [3.8, 4) is 0 Å². The Morgan fingerprint density at radius 3 is 2.40 bits per heavy atom. The van der Waals surface area contributed by atoms with Gasteiger partial charge in [-0.15, -0.1) is 0 Å². The van der Waals surface area contributed by atoms with Crippen LogP contribution in [0.3, 0.4) is 0 Å². The lowest BCUT2D eigenvalue weighted by atomic mass is 9.81. The molecule has 5 unspecified atom stereocenters. The number of amides is 2. The summed E-state index contributed by atoms with van der Waals surface area (Å²) in [5.74, 6) is -4.43. The van der Waals surface area contributed by atoms with Crippen LogP contribution in [0.2, 0.25) is 0 Å². The number of hydrogen-bond acceptors (Lipinski definition) is 12. The molecule has 0 aliphatic carbocycles. The van der Waals surface area contributed by atoms with Crippen molar-refractivity contribution in [2.45, 2.75) is 115 Å². The van der Waals surface area contributed by atoms with Gasteiger partial charge in [-0.1, -0.05) is 39.8 Å². The summed E-state index contributed by atoms with van der Waals surface area (Å²) < 4.78 is 22.9. The quantitative estimate of drug-likeness (QED) is 0.0766. The van der Waals surface area contributed by atoms with E-state index in [1.165, 1.54) is 0 Å². The summed E-state index contributed by atoms with van der Waals surface area (Å²) in [7, 11) is 0. The second kappa shape index (κ2) is 16.4. The predicted molar refractivity (Wildman–Crippen MR) is 150 cm³/mol. The standard InChI is InChI=1S/C28H51N3O11/c1-14(2)6-7-17(41-27-25(36)23(30)24(35)16(5)40-27)10-20-22(26(37)31-8-9-39-13-21(29)34)19(33)12-28(38,42-20)11-18(32)15(3)4/h6-7,14-20,22-25,27,32-33,35-36,38H,8-13,30H2,1-5H3,(H2,29,34)(H,31,37)/b7-6+/t16?,17-,18+,19-,20-,22+,23?,24?,25?,27?,28+/m0/s1. The van der Waals surface area contributed by atoms with Crippen LogP contribution < -0.4 is 16.8 Å². The van der Waals surface area contributed by atoms with Gasteiger partial charge in [0.2, 0.25) is 11.8 Å². The minimum Gasteiger partial charge on any atom is -0.393 e. The van der Waals surface area contributed by atoms with Crippen LogP contribution in [0, 0.1) is 17.8 Å². The fraction of sp³-hybridized carbons (Fsp3) is 0.857. The molecule has 2 aliphatic heterocycles. The highest BCUT2D eigenvalue weighted by atomic mass is 16.7. The highest BCUT2D eigenvalue weighted by Gasteiger charge is 2.50. The van der Waals surface area contributed by atoms with E-state index in [2.05, 4.69) is 5.32 Å². The van der Waals surface area contributed by atoms with Gasteiger partial charge in [0, 0.05) is 25.8 Å². The summed E-state index contributed by atoms with van der Waals surface area (Å²) in [4.78, 5) is 24.2. The molecule has 14 nitrogen and oxygen atoms in total. The van der Waals surface area contributed by atoms with Gasteiger partial charge in [-0.3, -0.25) is 9.59 Å². The number of allylic oxidation sites excluding steroid dienone is 1. The Hall–Kier alpha value is -1.72. The van der Waals surface area contributed by atoms with Gasteiger partial charge in [-0.25, -0.2) is 0 Å². The minimum atomic E-state index is -1.94. The molecule has 2 heterocycles. The van der Waals surface area contributed by atoms with Gasteiger partial charge in [0.25, 0.3) is 0 Å². The Morgan fingerprint density at radius 2 is 1.81 bits per heavy atom. The SMILES string of the molecule is CC(C)/C=C/[C@@H](C[C@@H]1O[C@](O)(C[C@@H](O)C(C)C)C[C@H](O)[C@H]1C(=O)NCCOCC(N)=O)OC1OC(C)C(O)C(N)C1O. The number of aliphatic hydroxyl groups is 5. The Balaban J connectivity index is 2.31. The van der Waals surface area contributed by atoms with E-state index in [1.54, 1.807) is 26.8 Å². The van der Waals surface area contributed by atoms with Crippen LogP contribution in [0.5, 0.6) is 0 Å². The molecule has 2 saturated heterocycles. The highest BCUT2D eigenvalue weighted by molar-refractivity contribution is 5.80. The molecule has 0 aromatic rings. The number of carbonyl (C=O) groups excluding carboxylic acids is 2. The lowest BCUT2D eigenvalue weighted by Crippen LogP contribution is -2.62. The molecule has 11 atom stereocenters. The summed E-state index contributed by atoms with van der Waals surface area (Å²) in [6.07, 6.45) is -5.69. The average Bonchev–Trinajstić information content (AvgIpc) is 2.87. The van der Waals surface area contributed by atoms with E-state index in [0.29, 0.717) is 0 Å². The molecule has 2 aliphatic rings. The number of nitrogens with two attached hydrogens (primary N) is 2. The van der Waals surface area contributed by atoms with Gasteiger partial charge < -0.3 is 61.3 Å². The minimum absolute atomic E-state index is 0.00238. The molecule has 0 spiro atoms. The first-order valence-electron chi connectivity index (χ1n) is 14.6. The monoisotopic (exact) mass is 605 g/mol. The maximum absolute atomic E-state index is 13.3.